The number of nitrogens with zero attached hydrogens (tertiary/aromatic N) is 1. The Morgan fingerprint density at radius 1 is 1.35 bits per heavy atom. The number of hydrogen-bond acceptors (Lipinski definition) is 4. The predicted molar refractivity (Wildman–Crippen MR) is 88.8 cm³/mol. The van der Waals surface area contributed by atoms with Crippen LogP contribution in [0.2, 0.25) is 0 Å². The molecular formula is C16H23N3O3S. The summed E-state index contributed by atoms with van der Waals surface area (Å²) in [6, 6.07) is 5.04. The number of rotatable bonds is 4. The molecule has 0 spiro atoms. The fourth-order valence-electron chi connectivity index (χ4n) is 3.33. The van der Waals surface area contributed by atoms with Crippen molar-refractivity contribution < 1.29 is 13.2 Å². The van der Waals surface area contributed by atoms with Crippen molar-refractivity contribution in [2.75, 3.05) is 32.0 Å². The number of anilines is 1. The van der Waals surface area contributed by atoms with E-state index in [1.807, 2.05) is 7.05 Å². The fraction of sp³-hybridized carbons (Fsp3) is 0.562. The SMILES string of the molecule is CNCC1CCN(S(=O)(=O)c2ccc3c(c2)CCCC(=O)N3)C1. The lowest BCUT2D eigenvalue weighted by atomic mass is 10.1. The molecule has 0 saturated carbocycles. The van der Waals surface area contributed by atoms with E-state index in [0.29, 0.717) is 30.3 Å². The van der Waals surface area contributed by atoms with Crippen LogP contribution in [0.5, 0.6) is 0 Å². The molecule has 7 heteroatoms. The summed E-state index contributed by atoms with van der Waals surface area (Å²) in [5, 5.41) is 5.95. The molecular weight excluding hydrogens is 314 g/mol. The van der Waals surface area contributed by atoms with Crippen molar-refractivity contribution in [3.63, 3.8) is 0 Å². The first-order valence-corrected chi connectivity index (χ1v) is 9.52. The van der Waals surface area contributed by atoms with E-state index in [2.05, 4.69) is 10.6 Å². The molecule has 0 aromatic heterocycles. The smallest absolute Gasteiger partial charge is 0.243 e. The molecule has 1 amide bonds. The molecule has 0 radical (unpaired) electrons. The first-order valence-electron chi connectivity index (χ1n) is 8.08. The number of amides is 1. The molecule has 1 saturated heterocycles. The van der Waals surface area contributed by atoms with Crippen LogP contribution in [0.3, 0.4) is 0 Å². The van der Waals surface area contributed by atoms with Gasteiger partial charge in [-0.2, -0.15) is 4.31 Å². The second-order valence-corrected chi connectivity index (χ2v) is 8.23. The van der Waals surface area contributed by atoms with Crippen molar-refractivity contribution in [1.82, 2.24) is 9.62 Å². The van der Waals surface area contributed by atoms with E-state index in [0.717, 1.165) is 37.1 Å². The second-order valence-electron chi connectivity index (χ2n) is 6.30. The van der Waals surface area contributed by atoms with Crippen LogP contribution in [0.4, 0.5) is 5.69 Å². The molecule has 2 heterocycles. The van der Waals surface area contributed by atoms with Gasteiger partial charge in [0.2, 0.25) is 15.9 Å². The Labute approximate surface area is 137 Å². The molecule has 2 N–H and O–H groups in total. The van der Waals surface area contributed by atoms with Crippen molar-refractivity contribution in [2.24, 2.45) is 5.92 Å². The van der Waals surface area contributed by atoms with Gasteiger partial charge in [0.1, 0.15) is 0 Å². The Kier molecular flexibility index (Phi) is 4.70. The highest BCUT2D eigenvalue weighted by molar-refractivity contribution is 7.89. The fourth-order valence-corrected chi connectivity index (χ4v) is 4.91. The normalized spacial score (nSPS) is 22.5. The number of fused-ring (bicyclic) bond motifs is 1. The van der Waals surface area contributed by atoms with Crippen LogP contribution in [-0.2, 0) is 21.2 Å². The van der Waals surface area contributed by atoms with Gasteiger partial charge in [0.05, 0.1) is 4.90 Å². The molecule has 23 heavy (non-hydrogen) atoms. The highest BCUT2D eigenvalue weighted by atomic mass is 32.2. The lowest BCUT2D eigenvalue weighted by Crippen LogP contribution is -2.30. The minimum atomic E-state index is -3.46. The van der Waals surface area contributed by atoms with Gasteiger partial charge in [0.15, 0.2) is 0 Å². The van der Waals surface area contributed by atoms with Crippen molar-refractivity contribution in [3.05, 3.63) is 23.8 Å². The molecule has 1 aromatic carbocycles. The number of aryl methyl sites for hydroxylation is 1. The van der Waals surface area contributed by atoms with Gasteiger partial charge in [-0.25, -0.2) is 8.42 Å². The van der Waals surface area contributed by atoms with E-state index in [9.17, 15) is 13.2 Å². The van der Waals surface area contributed by atoms with Crippen molar-refractivity contribution >= 4 is 21.6 Å². The summed E-state index contributed by atoms with van der Waals surface area (Å²) in [6.45, 7) is 1.97. The van der Waals surface area contributed by atoms with E-state index in [4.69, 9.17) is 0 Å². The molecule has 2 aliphatic heterocycles. The van der Waals surface area contributed by atoms with Crippen LogP contribution in [0.1, 0.15) is 24.8 Å². The third-order valence-corrected chi connectivity index (χ3v) is 6.44. The maximum atomic E-state index is 12.8. The minimum Gasteiger partial charge on any atom is -0.326 e. The van der Waals surface area contributed by atoms with E-state index < -0.39 is 10.0 Å². The lowest BCUT2D eigenvalue weighted by molar-refractivity contribution is -0.116. The maximum absolute atomic E-state index is 12.8. The van der Waals surface area contributed by atoms with E-state index in [1.165, 1.54) is 0 Å². The van der Waals surface area contributed by atoms with Gasteiger partial charge in [-0.3, -0.25) is 4.79 Å². The van der Waals surface area contributed by atoms with E-state index in [-0.39, 0.29) is 5.91 Å². The number of carbonyl (C=O) groups excluding carboxylic acids is 1. The van der Waals surface area contributed by atoms with Crippen LogP contribution in [-0.4, -0.2) is 45.3 Å². The Balaban J connectivity index is 1.84. The Morgan fingerprint density at radius 2 is 2.17 bits per heavy atom. The van der Waals surface area contributed by atoms with Gasteiger partial charge in [-0.05, 0) is 62.5 Å². The molecule has 6 nitrogen and oxygen atoms in total. The Hall–Kier alpha value is -1.44. The Morgan fingerprint density at radius 3 is 2.96 bits per heavy atom. The average molecular weight is 337 g/mol. The zero-order chi connectivity index (χ0) is 16.4. The summed E-state index contributed by atoms with van der Waals surface area (Å²) in [7, 11) is -1.57. The summed E-state index contributed by atoms with van der Waals surface area (Å²) < 4.78 is 27.3. The van der Waals surface area contributed by atoms with E-state index in [1.54, 1.807) is 22.5 Å². The van der Waals surface area contributed by atoms with Crippen LogP contribution < -0.4 is 10.6 Å². The molecule has 0 bridgehead atoms. The van der Waals surface area contributed by atoms with Crippen molar-refractivity contribution in [1.29, 1.82) is 0 Å². The first-order chi connectivity index (χ1) is 11.0. The lowest BCUT2D eigenvalue weighted by Gasteiger charge is -2.18. The molecule has 1 atom stereocenters. The second kappa shape index (κ2) is 6.59. The number of carbonyl (C=O) groups is 1. The number of sulfonamides is 1. The third-order valence-electron chi connectivity index (χ3n) is 4.58. The summed E-state index contributed by atoms with van der Waals surface area (Å²) in [6.07, 6.45) is 2.84. The largest absolute Gasteiger partial charge is 0.326 e. The standard InChI is InChI=1S/C16H23N3O3S/c1-17-10-12-7-8-19(11-12)23(21,22)14-5-6-15-13(9-14)3-2-4-16(20)18-15/h5-6,9,12,17H,2-4,7-8,10-11H2,1H3,(H,18,20). The highest BCUT2D eigenvalue weighted by Gasteiger charge is 2.32. The molecule has 1 fully saturated rings. The quantitative estimate of drug-likeness (QED) is 0.865. The molecule has 2 aliphatic rings. The average Bonchev–Trinajstić information content (AvgIpc) is 2.90. The number of nitrogens with one attached hydrogen (secondary N) is 2. The predicted octanol–water partition coefficient (Wildman–Crippen LogP) is 1.19. The minimum absolute atomic E-state index is 0.00573. The zero-order valence-corrected chi connectivity index (χ0v) is 14.2. The Bertz CT molecular complexity index is 703. The first kappa shape index (κ1) is 16.4. The van der Waals surface area contributed by atoms with Gasteiger partial charge in [-0.1, -0.05) is 0 Å². The summed E-state index contributed by atoms with van der Waals surface area (Å²) in [4.78, 5) is 11.9. The van der Waals surface area contributed by atoms with Gasteiger partial charge < -0.3 is 10.6 Å². The molecule has 0 aliphatic carbocycles. The molecule has 3 rings (SSSR count). The third kappa shape index (κ3) is 3.41. The monoisotopic (exact) mass is 337 g/mol. The van der Waals surface area contributed by atoms with Crippen LogP contribution in [0.15, 0.2) is 23.1 Å². The summed E-state index contributed by atoms with van der Waals surface area (Å²) in [5.41, 5.74) is 1.64. The van der Waals surface area contributed by atoms with Gasteiger partial charge in [0, 0.05) is 25.2 Å². The summed E-state index contributed by atoms with van der Waals surface area (Å²) in [5.74, 6) is 0.365. The zero-order valence-electron chi connectivity index (χ0n) is 13.3. The number of hydrogen-bond donors (Lipinski definition) is 2. The van der Waals surface area contributed by atoms with Gasteiger partial charge >= 0.3 is 0 Å². The van der Waals surface area contributed by atoms with Crippen LogP contribution in [0, 0.1) is 5.92 Å². The van der Waals surface area contributed by atoms with Crippen molar-refractivity contribution in [3.8, 4) is 0 Å². The number of benzene rings is 1. The van der Waals surface area contributed by atoms with Crippen LogP contribution in [0.25, 0.3) is 0 Å². The van der Waals surface area contributed by atoms with Crippen LogP contribution >= 0.6 is 0 Å². The molecule has 126 valence electrons. The topological polar surface area (TPSA) is 78.5 Å². The summed E-state index contributed by atoms with van der Waals surface area (Å²) >= 11 is 0. The van der Waals surface area contributed by atoms with Gasteiger partial charge in [-0.15, -0.1) is 0 Å². The molecule has 1 aromatic rings. The van der Waals surface area contributed by atoms with E-state index >= 15 is 0 Å². The highest BCUT2D eigenvalue weighted by Crippen LogP contribution is 2.29. The van der Waals surface area contributed by atoms with Gasteiger partial charge in [0.25, 0.3) is 0 Å². The van der Waals surface area contributed by atoms with Crippen molar-refractivity contribution in [2.45, 2.75) is 30.6 Å². The maximum Gasteiger partial charge on any atom is 0.243 e. The molecule has 1 unspecified atom stereocenters.